The first-order valence-corrected chi connectivity index (χ1v) is 15.7. The van der Waals surface area contributed by atoms with E-state index in [-0.39, 0.29) is 0 Å². The standard InChI is InChI=1S/C21H47NO6Si2/c1-17(2)14-29(15-18(3)4,16-19(5)6)28-20(21(23)24)13-22-11-10-12-30(25-7,26-8)27-9/h17-20,22H,10-16H2,1-9H3,(H,23,24). The molecule has 0 radical (unpaired) electrons. The Bertz CT molecular complexity index is 438. The normalized spacial score (nSPS) is 14.1. The number of carbonyl (C=O) groups is 1. The lowest BCUT2D eigenvalue weighted by Crippen LogP contribution is -2.50. The quantitative estimate of drug-likeness (QED) is 0.231. The Hall–Kier alpha value is -0.296. The van der Waals surface area contributed by atoms with Gasteiger partial charge in [-0.15, -0.1) is 0 Å². The molecule has 0 aromatic heterocycles. The summed E-state index contributed by atoms with van der Waals surface area (Å²) in [6.45, 7) is 14.2. The molecular weight excluding hydrogens is 418 g/mol. The van der Waals surface area contributed by atoms with Crippen molar-refractivity contribution in [3.8, 4) is 0 Å². The van der Waals surface area contributed by atoms with Crippen LogP contribution in [-0.4, -0.2) is 68.7 Å². The van der Waals surface area contributed by atoms with E-state index in [1.165, 1.54) is 0 Å². The second kappa shape index (κ2) is 14.7. The molecule has 0 bridgehead atoms. The topological polar surface area (TPSA) is 86.3 Å². The summed E-state index contributed by atoms with van der Waals surface area (Å²) >= 11 is 0. The second-order valence-corrected chi connectivity index (χ2v) is 16.4. The van der Waals surface area contributed by atoms with Crippen molar-refractivity contribution >= 4 is 23.1 Å². The first kappa shape index (κ1) is 29.7. The number of nitrogens with one attached hydrogen (secondary N) is 1. The van der Waals surface area contributed by atoms with Gasteiger partial charge in [0, 0.05) is 33.9 Å². The van der Waals surface area contributed by atoms with Crippen LogP contribution in [0.25, 0.3) is 0 Å². The fourth-order valence-electron chi connectivity index (χ4n) is 4.33. The van der Waals surface area contributed by atoms with Crippen LogP contribution < -0.4 is 5.32 Å². The lowest BCUT2D eigenvalue weighted by molar-refractivity contribution is -0.145. The molecular formula is C21H47NO6Si2. The Balaban J connectivity index is 5.07. The number of aliphatic carboxylic acids is 1. The minimum atomic E-state index is -2.59. The van der Waals surface area contributed by atoms with Crippen molar-refractivity contribution in [2.24, 2.45) is 17.8 Å². The second-order valence-electron chi connectivity index (χ2n) is 9.52. The molecule has 0 saturated heterocycles. The number of carboxylic acids is 1. The fourth-order valence-corrected chi connectivity index (χ4v) is 12.1. The molecule has 0 fully saturated rings. The van der Waals surface area contributed by atoms with Crippen molar-refractivity contribution in [2.45, 2.75) is 78.2 Å². The van der Waals surface area contributed by atoms with E-state index in [2.05, 4.69) is 46.9 Å². The zero-order valence-corrected chi connectivity index (χ0v) is 22.7. The number of carboxylic acid groups (broad SMARTS) is 1. The predicted octanol–water partition coefficient (Wildman–Crippen LogP) is 4.23. The van der Waals surface area contributed by atoms with E-state index < -0.39 is 29.2 Å². The van der Waals surface area contributed by atoms with Crippen molar-refractivity contribution in [2.75, 3.05) is 34.4 Å². The smallest absolute Gasteiger partial charge is 0.479 e. The third-order valence-corrected chi connectivity index (χ3v) is 13.4. The van der Waals surface area contributed by atoms with Crippen LogP contribution in [-0.2, 0) is 22.5 Å². The molecule has 0 rings (SSSR count). The molecule has 2 N–H and O–H groups in total. The average molecular weight is 466 g/mol. The Morgan fingerprint density at radius 1 is 0.867 bits per heavy atom. The molecule has 0 spiro atoms. The summed E-state index contributed by atoms with van der Waals surface area (Å²) in [5.41, 5.74) is 0. The molecule has 0 aliphatic heterocycles. The first-order valence-electron chi connectivity index (χ1n) is 11.2. The van der Waals surface area contributed by atoms with Crippen LogP contribution in [0.4, 0.5) is 0 Å². The Morgan fingerprint density at radius 3 is 1.63 bits per heavy atom. The minimum Gasteiger partial charge on any atom is -0.479 e. The van der Waals surface area contributed by atoms with Gasteiger partial charge in [-0.2, -0.15) is 0 Å². The fraction of sp³-hybridized carbons (Fsp3) is 0.952. The van der Waals surface area contributed by atoms with Crippen molar-refractivity contribution < 1.29 is 27.6 Å². The van der Waals surface area contributed by atoms with E-state index in [0.29, 0.717) is 36.9 Å². The van der Waals surface area contributed by atoms with Gasteiger partial charge in [-0.25, -0.2) is 4.79 Å². The molecule has 0 aliphatic rings. The maximum atomic E-state index is 12.0. The lowest BCUT2D eigenvalue weighted by Gasteiger charge is -2.38. The van der Waals surface area contributed by atoms with Gasteiger partial charge >= 0.3 is 14.8 Å². The van der Waals surface area contributed by atoms with Crippen LogP contribution in [0.1, 0.15) is 48.0 Å². The molecule has 7 nitrogen and oxygen atoms in total. The van der Waals surface area contributed by atoms with Crippen molar-refractivity contribution in [1.82, 2.24) is 5.32 Å². The minimum absolute atomic E-state index is 0.305. The molecule has 0 aliphatic carbocycles. The third kappa shape index (κ3) is 11.4. The van der Waals surface area contributed by atoms with Crippen molar-refractivity contribution in [1.29, 1.82) is 0 Å². The van der Waals surface area contributed by atoms with Crippen molar-refractivity contribution in [3.05, 3.63) is 0 Å². The van der Waals surface area contributed by atoms with Crippen LogP contribution in [0.3, 0.4) is 0 Å². The number of rotatable bonds is 18. The summed E-state index contributed by atoms with van der Waals surface area (Å²) in [5, 5.41) is 13.1. The van der Waals surface area contributed by atoms with Gasteiger partial charge in [0.1, 0.15) is 0 Å². The van der Waals surface area contributed by atoms with E-state index in [1.54, 1.807) is 21.3 Å². The van der Waals surface area contributed by atoms with E-state index >= 15 is 0 Å². The van der Waals surface area contributed by atoms with Crippen LogP contribution in [0.15, 0.2) is 0 Å². The monoisotopic (exact) mass is 465 g/mol. The highest BCUT2D eigenvalue weighted by atomic mass is 28.4. The highest BCUT2D eigenvalue weighted by Crippen LogP contribution is 2.34. The Morgan fingerprint density at radius 2 is 1.30 bits per heavy atom. The molecule has 0 amide bonds. The van der Waals surface area contributed by atoms with E-state index in [4.69, 9.17) is 17.7 Å². The molecule has 30 heavy (non-hydrogen) atoms. The Kier molecular flexibility index (Phi) is 14.6. The largest absolute Gasteiger partial charge is 0.500 e. The van der Waals surface area contributed by atoms with Gasteiger partial charge in [0.2, 0.25) is 0 Å². The molecule has 9 heteroatoms. The molecule has 1 unspecified atom stereocenters. The molecule has 0 saturated carbocycles. The van der Waals surface area contributed by atoms with Gasteiger partial charge in [0.15, 0.2) is 14.4 Å². The van der Waals surface area contributed by atoms with Gasteiger partial charge < -0.3 is 28.1 Å². The molecule has 180 valence electrons. The van der Waals surface area contributed by atoms with E-state index in [1.807, 2.05) is 0 Å². The predicted molar refractivity (Wildman–Crippen MR) is 126 cm³/mol. The zero-order valence-electron chi connectivity index (χ0n) is 20.7. The van der Waals surface area contributed by atoms with Crippen molar-refractivity contribution in [3.63, 3.8) is 0 Å². The summed E-state index contributed by atoms with van der Waals surface area (Å²) in [6.07, 6.45) is -0.0390. The van der Waals surface area contributed by atoms with Gasteiger partial charge in [0.25, 0.3) is 0 Å². The van der Waals surface area contributed by atoms with Crippen LogP contribution >= 0.6 is 0 Å². The lowest BCUT2D eigenvalue weighted by atomic mass is 10.2. The Labute approximate surface area is 186 Å². The summed E-state index contributed by atoms with van der Waals surface area (Å²) < 4.78 is 22.9. The number of hydrogen-bond acceptors (Lipinski definition) is 6. The third-order valence-electron chi connectivity index (χ3n) is 5.11. The molecule has 0 aromatic carbocycles. The van der Waals surface area contributed by atoms with Crippen LogP contribution in [0.5, 0.6) is 0 Å². The highest BCUT2D eigenvalue weighted by molar-refractivity contribution is 6.74. The zero-order chi connectivity index (χ0) is 23.4. The molecule has 0 heterocycles. The van der Waals surface area contributed by atoms with E-state index in [0.717, 1.165) is 24.6 Å². The summed E-state index contributed by atoms with van der Waals surface area (Å²) in [7, 11) is 0.0107. The first-order chi connectivity index (χ1) is 13.9. The van der Waals surface area contributed by atoms with Crippen LogP contribution in [0.2, 0.25) is 24.2 Å². The maximum absolute atomic E-state index is 12.0. The average Bonchev–Trinajstić information content (AvgIpc) is 2.62. The van der Waals surface area contributed by atoms with Crippen LogP contribution in [0, 0.1) is 17.8 Å². The highest BCUT2D eigenvalue weighted by Gasteiger charge is 2.41. The summed E-state index contributed by atoms with van der Waals surface area (Å²) in [6, 6.07) is 3.67. The molecule has 1 atom stereocenters. The number of hydrogen-bond donors (Lipinski definition) is 2. The SMILES string of the molecule is CO[Si](CCCNCC(O[Si](CC(C)C)(CC(C)C)CC(C)C)C(=O)O)(OC)OC. The molecule has 0 aromatic rings. The van der Waals surface area contributed by atoms with E-state index in [9.17, 15) is 9.90 Å². The van der Waals surface area contributed by atoms with Gasteiger partial charge in [0.05, 0.1) is 0 Å². The van der Waals surface area contributed by atoms with Gasteiger partial charge in [-0.05, 0) is 48.9 Å². The summed E-state index contributed by atoms with van der Waals surface area (Å²) in [5.74, 6) is 0.593. The van der Waals surface area contributed by atoms with Gasteiger partial charge in [-0.1, -0.05) is 41.5 Å². The summed E-state index contributed by atoms with van der Waals surface area (Å²) in [4.78, 5) is 12.0. The maximum Gasteiger partial charge on any atom is 0.500 e. The van der Waals surface area contributed by atoms with Gasteiger partial charge in [-0.3, -0.25) is 0 Å².